The van der Waals surface area contributed by atoms with Gasteiger partial charge in [-0.1, -0.05) is 18.2 Å². The fraction of sp³-hybridized carbons (Fsp3) is 0.143. The maximum atomic E-state index is 9.19. The van der Waals surface area contributed by atoms with Crippen LogP contribution in [0.1, 0.15) is 5.56 Å². The van der Waals surface area contributed by atoms with Crippen molar-refractivity contribution in [2.75, 3.05) is 0 Å². The average Bonchev–Trinajstić information content (AvgIpc) is 2.03. The molecule has 0 aliphatic rings. The average molecular weight is 188 g/mol. The Labute approximate surface area is 71.1 Å². The van der Waals surface area contributed by atoms with Crippen LogP contribution in [-0.2, 0) is 11.1 Å². The highest BCUT2D eigenvalue weighted by molar-refractivity contribution is 7.39. The summed E-state index contributed by atoms with van der Waals surface area (Å²) >= 11 is 0. The van der Waals surface area contributed by atoms with E-state index in [0.717, 1.165) is 0 Å². The van der Waals surface area contributed by atoms with Crippen molar-refractivity contribution in [3.63, 3.8) is 0 Å². The lowest BCUT2D eigenvalue weighted by molar-refractivity contribution is 0.243. The molecule has 0 saturated heterocycles. The Balaban J connectivity index is 2.57. The first-order valence-electron chi connectivity index (χ1n) is 3.28. The summed E-state index contributed by atoms with van der Waals surface area (Å²) in [5.74, 6) is 0.0920. The fourth-order valence-corrected chi connectivity index (χ4v) is 1.01. The van der Waals surface area contributed by atoms with Crippen LogP contribution in [0.25, 0.3) is 0 Å². The van der Waals surface area contributed by atoms with E-state index in [1.807, 2.05) is 0 Å². The standard InChI is InChI=1S/C7H9O4P/c8-7-4-2-1-3-6(7)5-11-12(9)10/h1-4,8-10H,5H2. The van der Waals surface area contributed by atoms with Gasteiger partial charge < -0.3 is 19.4 Å². The maximum Gasteiger partial charge on any atom is 0.327 e. The van der Waals surface area contributed by atoms with Crippen LogP contribution in [0.4, 0.5) is 0 Å². The Bertz CT molecular complexity index is 251. The molecule has 12 heavy (non-hydrogen) atoms. The van der Waals surface area contributed by atoms with E-state index in [1.54, 1.807) is 18.2 Å². The highest BCUT2D eigenvalue weighted by Gasteiger charge is 2.03. The molecule has 3 N–H and O–H groups in total. The molecular weight excluding hydrogens is 179 g/mol. The molecule has 0 aliphatic heterocycles. The quantitative estimate of drug-likeness (QED) is 0.621. The third kappa shape index (κ3) is 2.75. The van der Waals surface area contributed by atoms with Crippen LogP contribution >= 0.6 is 8.60 Å². The Hall–Kier alpha value is -0.670. The second-order valence-corrected chi connectivity index (χ2v) is 2.92. The first kappa shape index (κ1) is 9.42. The number of aromatic hydroxyl groups is 1. The molecule has 4 nitrogen and oxygen atoms in total. The summed E-state index contributed by atoms with van der Waals surface area (Å²) in [4.78, 5) is 16.8. The topological polar surface area (TPSA) is 69.9 Å². The Morgan fingerprint density at radius 1 is 1.25 bits per heavy atom. The molecule has 0 aliphatic carbocycles. The molecule has 1 rings (SSSR count). The van der Waals surface area contributed by atoms with Crippen molar-refractivity contribution in [3.05, 3.63) is 29.8 Å². The predicted octanol–water partition coefficient (Wildman–Crippen LogP) is 1.12. The van der Waals surface area contributed by atoms with Gasteiger partial charge in [0, 0.05) is 5.56 Å². The number of phenolic OH excluding ortho intramolecular Hbond substituents is 1. The number of benzene rings is 1. The highest BCUT2D eigenvalue weighted by atomic mass is 31.2. The van der Waals surface area contributed by atoms with Gasteiger partial charge in [0.15, 0.2) is 0 Å². The Morgan fingerprint density at radius 2 is 1.92 bits per heavy atom. The lowest BCUT2D eigenvalue weighted by Gasteiger charge is -2.04. The van der Waals surface area contributed by atoms with Gasteiger partial charge in [-0.15, -0.1) is 0 Å². The minimum absolute atomic E-state index is 0.00533. The molecular formula is C7H9O4P. The predicted molar refractivity (Wildman–Crippen MR) is 44.3 cm³/mol. The smallest absolute Gasteiger partial charge is 0.327 e. The number of rotatable bonds is 3. The molecule has 0 saturated carbocycles. The van der Waals surface area contributed by atoms with E-state index in [1.165, 1.54) is 6.07 Å². The van der Waals surface area contributed by atoms with E-state index in [9.17, 15) is 5.11 Å². The molecule has 0 heterocycles. The molecule has 1 aromatic rings. The van der Waals surface area contributed by atoms with E-state index >= 15 is 0 Å². The summed E-state index contributed by atoms with van der Waals surface area (Å²) in [5.41, 5.74) is 0.535. The summed E-state index contributed by atoms with van der Waals surface area (Å²) in [6.45, 7) is 0.00533. The van der Waals surface area contributed by atoms with Crippen molar-refractivity contribution in [1.82, 2.24) is 0 Å². The van der Waals surface area contributed by atoms with Crippen LogP contribution < -0.4 is 0 Å². The first-order valence-corrected chi connectivity index (χ1v) is 4.44. The Morgan fingerprint density at radius 3 is 2.50 bits per heavy atom. The summed E-state index contributed by atoms with van der Waals surface area (Å²) < 4.78 is 4.52. The van der Waals surface area contributed by atoms with Crippen LogP contribution in [0.2, 0.25) is 0 Å². The summed E-state index contributed by atoms with van der Waals surface area (Å²) in [6, 6.07) is 6.57. The third-order valence-corrected chi connectivity index (χ3v) is 1.69. The van der Waals surface area contributed by atoms with E-state index < -0.39 is 8.60 Å². The van der Waals surface area contributed by atoms with Crippen LogP contribution in [-0.4, -0.2) is 14.9 Å². The van der Waals surface area contributed by atoms with Gasteiger partial charge >= 0.3 is 8.60 Å². The van der Waals surface area contributed by atoms with Gasteiger partial charge in [0.1, 0.15) is 5.75 Å². The maximum absolute atomic E-state index is 9.19. The van der Waals surface area contributed by atoms with Crippen molar-refractivity contribution in [1.29, 1.82) is 0 Å². The van der Waals surface area contributed by atoms with E-state index in [4.69, 9.17) is 9.79 Å². The SMILES string of the molecule is Oc1ccccc1COP(O)O. The van der Waals surface area contributed by atoms with Crippen molar-refractivity contribution >= 4 is 8.60 Å². The van der Waals surface area contributed by atoms with Crippen molar-refractivity contribution in [2.24, 2.45) is 0 Å². The molecule has 0 amide bonds. The van der Waals surface area contributed by atoms with Crippen molar-refractivity contribution < 1.29 is 19.4 Å². The van der Waals surface area contributed by atoms with Crippen LogP contribution in [0.15, 0.2) is 24.3 Å². The van der Waals surface area contributed by atoms with Gasteiger partial charge in [0.25, 0.3) is 0 Å². The molecule has 0 spiro atoms. The molecule has 0 unspecified atom stereocenters. The molecule has 1 aromatic carbocycles. The second kappa shape index (κ2) is 4.38. The van der Waals surface area contributed by atoms with Crippen molar-refractivity contribution in [2.45, 2.75) is 6.61 Å². The van der Waals surface area contributed by atoms with Crippen LogP contribution in [0, 0.1) is 0 Å². The second-order valence-electron chi connectivity index (χ2n) is 2.15. The van der Waals surface area contributed by atoms with Gasteiger partial charge in [-0.25, -0.2) is 0 Å². The van der Waals surface area contributed by atoms with Crippen LogP contribution in [0.3, 0.4) is 0 Å². The number of para-hydroxylation sites is 1. The minimum atomic E-state index is -2.35. The third-order valence-electron chi connectivity index (χ3n) is 1.33. The molecule has 5 heteroatoms. The van der Waals surface area contributed by atoms with Gasteiger partial charge in [-0.3, -0.25) is 0 Å². The van der Waals surface area contributed by atoms with Gasteiger partial charge in [-0.2, -0.15) is 0 Å². The molecule has 0 aromatic heterocycles. The van der Waals surface area contributed by atoms with E-state index in [0.29, 0.717) is 5.56 Å². The van der Waals surface area contributed by atoms with Gasteiger partial charge in [0.05, 0.1) is 6.61 Å². The number of phenols is 1. The van der Waals surface area contributed by atoms with Gasteiger partial charge in [0.2, 0.25) is 0 Å². The largest absolute Gasteiger partial charge is 0.508 e. The molecule has 0 bridgehead atoms. The summed E-state index contributed by atoms with van der Waals surface area (Å²) in [6.07, 6.45) is 0. The lowest BCUT2D eigenvalue weighted by Crippen LogP contribution is -1.87. The van der Waals surface area contributed by atoms with Crippen LogP contribution in [0.5, 0.6) is 5.75 Å². The molecule has 0 atom stereocenters. The van der Waals surface area contributed by atoms with E-state index in [-0.39, 0.29) is 12.4 Å². The molecule has 0 radical (unpaired) electrons. The zero-order chi connectivity index (χ0) is 8.97. The Kier molecular flexibility index (Phi) is 3.44. The lowest BCUT2D eigenvalue weighted by atomic mass is 10.2. The summed E-state index contributed by atoms with van der Waals surface area (Å²) in [7, 11) is -2.35. The summed E-state index contributed by atoms with van der Waals surface area (Å²) in [5, 5.41) is 9.19. The molecule has 0 fully saturated rings. The zero-order valence-corrected chi connectivity index (χ0v) is 7.11. The normalized spacial score (nSPS) is 10.6. The minimum Gasteiger partial charge on any atom is -0.508 e. The highest BCUT2D eigenvalue weighted by Crippen LogP contribution is 2.28. The zero-order valence-electron chi connectivity index (χ0n) is 6.21. The van der Waals surface area contributed by atoms with E-state index in [2.05, 4.69) is 4.52 Å². The monoisotopic (exact) mass is 188 g/mol. The van der Waals surface area contributed by atoms with Gasteiger partial charge in [-0.05, 0) is 6.07 Å². The first-order chi connectivity index (χ1) is 5.70. The van der Waals surface area contributed by atoms with Crippen molar-refractivity contribution in [3.8, 4) is 5.75 Å². The number of hydrogen-bond acceptors (Lipinski definition) is 4. The number of hydrogen-bond donors (Lipinski definition) is 3. The fourth-order valence-electron chi connectivity index (χ4n) is 0.760. The molecule has 66 valence electrons.